The molecule has 2 aliphatic rings. The number of amides is 1. The molecule has 29 heavy (non-hydrogen) atoms. The van der Waals surface area contributed by atoms with E-state index in [1.165, 1.54) is 17.2 Å². The van der Waals surface area contributed by atoms with Gasteiger partial charge >= 0.3 is 0 Å². The average Bonchev–Trinajstić information content (AvgIpc) is 3.20. The minimum Gasteiger partial charge on any atom is -0.462 e. The fourth-order valence-corrected chi connectivity index (χ4v) is 4.34. The zero-order chi connectivity index (χ0) is 19.8. The van der Waals surface area contributed by atoms with Crippen LogP contribution < -0.4 is 10.2 Å². The topological polar surface area (TPSA) is 48.7 Å². The van der Waals surface area contributed by atoms with Crippen LogP contribution in [0, 0.1) is 5.82 Å². The lowest BCUT2D eigenvalue weighted by Gasteiger charge is -2.36. The van der Waals surface area contributed by atoms with Crippen LogP contribution in [-0.2, 0) is 17.6 Å². The number of anilines is 2. The molecule has 1 saturated heterocycles. The Bertz CT molecular complexity index is 1050. The number of fused-ring (bicyclic) bond motifs is 2. The molecule has 0 aliphatic carbocycles. The molecule has 1 aromatic heterocycles. The fraction of sp³-hybridized carbons (Fsp3) is 0.348. The van der Waals surface area contributed by atoms with Gasteiger partial charge in [0.15, 0.2) is 5.58 Å². The van der Waals surface area contributed by atoms with Gasteiger partial charge in [-0.1, -0.05) is 12.1 Å². The van der Waals surface area contributed by atoms with E-state index < -0.39 is 0 Å². The largest absolute Gasteiger partial charge is 0.462 e. The minimum atomic E-state index is -0.226. The van der Waals surface area contributed by atoms with Crippen molar-refractivity contribution in [3.8, 4) is 0 Å². The molecule has 1 fully saturated rings. The molecule has 1 N–H and O–H groups in total. The molecule has 5 nitrogen and oxygen atoms in total. The highest BCUT2D eigenvalue weighted by molar-refractivity contribution is 5.94. The monoisotopic (exact) mass is 393 g/mol. The Morgan fingerprint density at radius 2 is 1.90 bits per heavy atom. The Hall–Kier alpha value is -2.86. The van der Waals surface area contributed by atoms with Gasteiger partial charge in [0.2, 0.25) is 5.91 Å². The van der Waals surface area contributed by atoms with Gasteiger partial charge in [0, 0.05) is 56.3 Å². The summed E-state index contributed by atoms with van der Waals surface area (Å²) in [5.74, 6) is -0.121. The van der Waals surface area contributed by atoms with Crippen LogP contribution in [0.4, 0.5) is 15.8 Å². The molecule has 150 valence electrons. The predicted octanol–water partition coefficient (Wildman–Crippen LogP) is 3.82. The van der Waals surface area contributed by atoms with Crippen molar-refractivity contribution in [3.63, 3.8) is 0 Å². The number of carbonyl (C=O) groups excluding carboxylic acids is 1. The number of hydrogen-bond donors (Lipinski definition) is 1. The van der Waals surface area contributed by atoms with E-state index in [0.29, 0.717) is 6.42 Å². The number of carbonyl (C=O) groups is 1. The Kier molecular flexibility index (Phi) is 4.72. The quantitative estimate of drug-likeness (QED) is 0.732. The second-order valence-corrected chi connectivity index (χ2v) is 7.88. The maximum Gasteiger partial charge on any atom is 0.224 e. The van der Waals surface area contributed by atoms with Gasteiger partial charge in [-0.15, -0.1) is 0 Å². The third-order valence-electron chi connectivity index (χ3n) is 6.00. The van der Waals surface area contributed by atoms with Crippen molar-refractivity contribution in [1.29, 1.82) is 0 Å². The Morgan fingerprint density at radius 3 is 2.76 bits per heavy atom. The standard InChI is InChI=1S/C23H24FN3O2/c24-19-14-18-6-12-29-23(18)21(15-19)27-10-8-26(9-11-27)7-5-16-1-2-17-3-4-22(28)25-20(17)13-16/h1-2,6,12-15H,3-5,7-11H2,(H,25,28). The first-order valence-electron chi connectivity index (χ1n) is 10.2. The summed E-state index contributed by atoms with van der Waals surface area (Å²) in [6, 6.07) is 11.3. The first kappa shape index (κ1) is 18.2. The van der Waals surface area contributed by atoms with Gasteiger partial charge in [0.1, 0.15) is 5.82 Å². The van der Waals surface area contributed by atoms with E-state index in [1.807, 2.05) is 0 Å². The van der Waals surface area contributed by atoms with E-state index in [4.69, 9.17) is 4.42 Å². The van der Waals surface area contributed by atoms with Gasteiger partial charge in [-0.05, 0) is 42.2 Å². The first-order chi connectivity index (χ1) is 14.2. The molecule has 6 heteroatoms. The molecule has 2 aliphatic heterocycles. The summed E-state index contributed by atoms with van der Waals surface area (Å²) < 4.78 is 19.5. The van der Waals surface area contributed by atoms with Crippen molar-refractivity contribution in [2.45, 2.75) is 19.3 Å². The number of nitrogens with zero attached hydrogens (tertiary/aromatic N) is 2. The van der Waals surface area contributed by atoms with Gasteiger partial charge in [-0.25, -0.2) is 4.39 Å². The molecule has 0 saturated carbocycles. The van der Waals surface area contributed by atoms with Crippen molar-refractivity contribution in [2.24, 2.45) is 0 Å². The average molecular weight is 393 g/mol. The van der Waals surface area contributed by atoms with Crippen molar-refractivity contribution < 1.29 is 13.6 Å². The van der Waals surface area contributed by atoms with Crippen molar-refractivity contribution in [3.05, 3.63) is 59.6 Å². The Morgan fingerprint density at radius 1 is 1.03 bits per heavy atom. The van der Waals surface area contributed by atoms with Crippen LogP contribution in [-0.4, -0.2) is 43.5 Å². The van der Waals surface area contributed by atoms with E-state index in [9.17, 15) is 9.18 Å². The van der Waals surface area contributed by atoms with Crippen molar-refractivity contribution in [2.75, 3.05) is 42.9 Å². The fourth-order valence-electron chi connectivity index (χ4n) is 4.34. The number of aryl methyl sites for hydroxylation is 1. The molecule has 0 atom stereocenters. The van der Waals surface area contributed by atoms with Crippen molar-refractivity contribution in [1.82, 2.24) is 4.90 Å². The third kappa shape index (κ3) is 3.72. The van der Waals surface area contributed by atoms with Crippen LogP contribution in [0.3, 0.4) is 0 Å². The van der Waals surface area contributed by atoms with Crippen LogP contribution in [0.2, 0.25) is 0 Å². The molecule has 1 amide bonds. The molecule has 5 rings (SSSR count). The summed E-state index contributed by atoms with van der Waals surface area (Å²) >= 11 is 0. The van der Waals surface area contributed by atoms with Gasteiger partial charge in [0.05, 0.1) is 12.0 Å². The van der Waals surface area contributed by atoms with Gasteiger partial charge in [-0.3, -0.25) is 9.69 Å². The lowest BCUT2D eigenvalue weighted by Crippen LogP contribution is -2.47. The summed E-state index contributed by atoms with van der Waals surface area (Å²) in [5.41, 5.74) is 5.04. The maximum atomic E-state index is 14.0. The number of rotatable bonds is 4. The van der Waals surface area contributed by atoms with E-state index >= 15 is 0 Å². The van der Waals surface area contributed by atoms with Crippen LogP contribution in [0.15, 0.2) is 47.1 Å². The lowest BCUT2D eigenvalue weighted by atomic mass is 9.99. The highest BCUT2D eigenvalue weighted by Crippen LogP contribution is 2.30. The summed E-state index contributed by atoms with van der Waals surface area (Å²) in [5, 5.41) is 3.79. The maximum absolute atomic E-state index is 14.0. The molecule has 3 heterocycles. The first-order valence-corrected chi connectivity index (χ1v) is 10.2. The molecular formula is C23H24FN3O2. The number of halogens is 1. The highest BCUT2D eigenvalue weighted by atomic mass is 19.1. The van der Waals surface area contributed by atoms with Gasteiger partial charge < -0.3 is 14.6 Å². The van der Waals surface area contributed by atoms with Crippen LogP contribution in [0.1, 0.15) is 17.5 Å². The smallest absolute Gasteiger partial charge is 0.224 e. The molecule has 2 aromatic carbocycles. The third-order valence-corrected chi connectivity index (χ3v) is 6.00. The van der Waals surface area contributed by atoms with E-state index in [0.717, 1.165) is 67.9 Å². The normalized spacial score (nSPS) is 17.4. The zero-order valence-corrected chi connectivity index (χ0v) is 16.3. The van der Waals surface area contributed by atoms with Crippen LogP contribution in [0.5, 0.6) is 0 Å². The summed E-state index contributed by atoms with van der Waals surface area (Å²) in [7, 11) is 0. The molecule has 3 aromatic rings. The number of nitrogens with one attached hydrogen (secondary N) is 1. The molecular weight excluding hydrogens is 369 g/mol. The van der Waals surface area contributed by atoms with Gasteiger partial charge in [0.25, 0.3) is 0 Å². The van der Waals surface area contributed by atoms with Crippen LogP contribution >= 0.6 is 0 Å². The predicted molar refractivity (Wildman–Crippen MR) is 112 cm³/mol. The van der Waals surface area contributed by atoms with E-state index in [-0.39, 0.29) is 11.7 Å². The lowest BCUT2D eigenvalue weighted by molar-refractivity contribution is -0.116. The second-order valence-electron chi connectivity index (χ2n) is 7.88. The Labute approximate surface area is 169 Å². The van der Waals surface area contributed by atoms with Gasteiger partial charge in [-0.2, -0.15) is 0 Å². The number of piperazine rings is 1. The van der Waals surface area contributed by atoms with E-state index in [2.05, 4.69) is 33.3 Å². The number of furan rings is 1. The SMILES string of the molecule is O=C1CCc2ccc(CCN3CCN(c4cc(F)cc5ccoc45)CC3)cc2N1. The van der Waals surface area contributed by atoms with Crippen LogP contribution in [0.25, 0.3) is 11.0 Å². The summed E-state index contributed by atoms with van der Waals surface area (Å²) in [6.07, 6.45) is 3.97. The summed E-state index contributed by atoms with van der Waals surface area (Å²) in [6.45, 7) is 4.53. The number of hydrogen-bond acceptors (Lipinski definition) is 4. The summed E-state index contributed by atoms with van der Waals surface area (Å²) in [4.78, 5) is 16.3. The second kappa shape index (κ2) is 7.52. The molecule has 0 spiro atoms. The molecule has 0 bridgehead atoms. The molecule has 0 radical (unpaired) electrons. The minimum absolute atomic E-state index is 0.105. The van der Waals surface area contributed by atoms with E-state index in [1.54, 1.807) is 18.4 Å². The molecule has 0 unspecified atom stereocenters. The van der Waals surface area contributed by atoms with Crippen molar-refractivity contribution >= 4 is 28.3 Å². The highest BCUT2D eigenvalue weighted by Gasteiger charge is 2.21. The zero-order valence-electron chi connectivity index (χ0n) is 16.3. The Balaban J connectivity index is 1.20. The number of benzene rings is 2.